The molecule has 3 heterocycles. The Hall–Kier alpha value is -6.98. The summed E-state index contributed by atoms with van der Waals surface area (Å²) in [6, 6.07) is 81.4. The van der Waals surface area contributed by atoms with Gasteiger partial charge in [-0.05, 0) is 75.3 Å². The summed E-state index contributed by atoms with van der Waals surface area (Å²) < 4.78 is 7.53. The fourth-order valence-electron chi connectivity index (χ4n) is 9.85. The molecule has 0 saturated carbocycles. The van der Waals surface area contributed by atoms with Crippen molar-refractivity contribution in [1.82, 2.24) is 9.13 Å². The second kappa shape index (κ2) is 13.0. The highest BCUT2D eigenvalue weighted by Crippen LogP contribution is 2.42. The van der Waals surface area contributed by atoms with Gasteiger partial charge in [0.15, 0.2) is 8.07 Å². The molecule has 0 radical (unpaired) electrons. The summed E-state index contributed by atoms with van der Waals surface area (Å²) in [7, 11) is -2.73. The quantitative estimate of drug-likeness (QED) is 0.118. The molecule has 0 amide bonds. The average Bonchev–Trinajstić information content (AvgIpc) is 3.95. The van der Waals surface area contributed by atoms with Crippen LogP contribution in [0, 0.1) is 0 Å². The van der Waals surface area contributed by atoms with Crippen molar-refractivity contribution in [1.29, 1.82) is 0 Å². The zero-order valence-corrected chi connectivity index (χ0v) is 33.4. The highest BCUT2D eigenvalue weighted by Gasteiger charge is 2.41. The van der Waals surface area contributed by atoms with Gasteiger partial charge in [-0.25, -0.2) is 0 Å². The molecule has 12 aromatic rings. The summed E-state index contributed by atoms with van der Waals surface area (Å²) in [5, 5.41) is 13.2. The summed E-state index contributed by atoms with van der Waals surface area (Å²) >= 11 is 1.89. The van der Waals surface area contributed by atoms with Crippen molar-refractivity contribution < 1.29 is 0 Å². The van der Waals surface area contributed by atoms with Crippen LogP contribution in [0.1, 0.15) is 0 Å². The summed E-state index contributed by atoms with van der Waals surface area (Å²) in [4.78, 5) is 0. The predicted octanol–water partition coefficient (Wildman–Crippen LogP) is 11.6. The fourth-order valence-corrected chi connectivity index (χ4v) is 15.7. The number of para-hydroxylation sites is 3. The molecule has 0 atom stereocenters. The Kier molecular flexibility index (Phi) is 7.46. The Balaban J connectivity index is 1.13. The van der Waals surface area contributed by atoms with Gasteiger partial charge < -0.3 is 9.13 Å². The third-order valence-corrected chi connectivity index (χ3v) is 18.2. The van der Waals surface area contributed by atoms with Crippen molar-refractivity contribution in [2.75, 3.05) is 0 Å². The first-order chi connectivity index (χ1) is 28.8. The van der Waals surface area contributed by atoms with Crippen LogP contribution in [0.15, 0.2) is 218 Å². The molecule has 9 aromatic carbocycles. The van der Waals surface area contributed by atoms with Crippen LogP contribution in [0.25, 0.3) is 75.2 Å². The molecule has 0 fully saturated rings. The summed E-state index contributed by atoms with van der Waals surface area (Å²) in [6.07, 6.45) is 0. The largest absolute Gasteiger partial charge is 0.309 e. The van der Waals surface area contributed by atoms with Gasteiger partial charge in [0.25, 0.3) is 0 Å². The van der Waals surface area contributed by atoms with E-state index < -0.39 is 8.07 Å². The number of hydrogen-bond acceptors (Lipinski definition) is 1. The second-order valence-electron chi connectivity index (χ2n) is 15.2. The average molecular weight is 773 g/mol. The minimum Gasteiger partial charge on any atom is -0.309 e. The minimum absolute atomic E-state index is 1.17. The topological polar surface area (TPSA) is 9.86 Å². The first-order valence-corrected chi connectivity index (χ1v) is 22.8. The monoisotopic (exact) mass is 772 g/mol. The molecular formula is C54H36N2SSi. The van der Waals surface area contributed by atoms with E-state index in [1.807, 2.05) is 11.3 Å². The lowest BCUT2D eigenvalue weighted by atomic mass is 10.1. The first-order valence-electron chi connectivity index (χ1n) is 19.9. The van der Waals surface area contributed by atoms with Gasteiger partial charge in [0.05, 0.1) is 27.8 Å². The number of aromatic nitrogens is 2. The van der Waals surface area contributed by atoms with Crippen molar-refractivity contribution in [3.8, 4) is 11.4 Å². The van der Waals surface area contributed by atoms with Crippen molar-refractivity contribution in [2.45, 2.75) is 0 Å². The van der Waals surface area contributed by atoms with E-state index in [9.17, 15) is 0 Å². The molecule has 0 N–H and O–H groups in total. The van der Waals surface area contributed by atoms with Gasteiger partial charge in [-0.1, -0.05) is 164 Å². The zero-order valence-electron chi connectivity index (χ0n) is 31.6. The van der Waals surface area contributed by atoms with E-state index in [2.05, 4.69) is 228 Å². The van der Waals surface area contributed by atoms with Gasteiger partial charge in [0.1, 0.15) is 0 Å². The third kappa shape index (κ3) is 4.76. The van der Waals surface area contributed by atoms with Gasteiger partial charge in [-0.2, -0.15) is 0 Å². The normalized spacial score (nSPS) is 12.1. The summed E-state index contributed by atoms with van der Waals surface area (Å²) in [5.74, 6) is 0. The van der Waals surface area contributed by atoms with Crippen LogP contribution in [0.3, 0.4) is 0 Å². The van der Waals surface area contributed by atoms with Crippen LogP contribution < -0.4 is 20.7 Å². The predicted molar refractivity (Wildman–Crippen MR) is 252 cm³/mol. The maximum Gasteiger partial charge on any atom is 0.179 e. The van der Waals surface area contributed by atoms with Crippen LogP contribution in [-0.2, 0) is 0 Å². The highest BCUT2D eigenvalue weighted by molar-refractivity contribution is 7.26. The van der Waals surface area contributed by atoms with E-state index in [0.717, 1.165) is 0 Å². The number of thiophene rings is 1. The SMILES string of the molecule is c1ccc([Si](c2ccccc2)(c2ccccc2)c2ccc3sc4cccc(-n5c6ccccc6c6cc(-n7c8ccccc8c8ccccc87)ccc65)c4c3c2)cc1. The maximum absolute atomic E-state index is 2.73. The molecule has 272 valence electrons. The number of hydrogen-bond donors (Lipinski definition) is 0. The number of benzene rings is 9. The molecule has 0 spiro atoms. The minimum atomic E-state index is -2.73. The summed E-state index contributed by atoms with van der Waals surface area (Å²) in [6.45, 7) is 0. The fraction of sp³-hybridized carbons (Fsp3) is 0. The Labute approximate surface area is 341 Å². The molecule has 58 heavy (non-hydrogen) atoms. The van der Waals surface area contributed by atoms with E-state index in [-0.39, 0.29) is 0 Å². The molecule has 0 aliphatic rings. The molecule has 12 rings (SSSR count). The lowest BCUT2D eigenvalue weighted by Crippen LogP contribution is -2.74. The third-order valence-electron chi connectivity index (χ3n) is 12.3. The molecule has 2 nitrogen and oxygen atoms in total. The van der Waals surface area contributed by atoms with E-state index in [1.165, 1.54) is 95.9 Å². The standard InChI is InChI=1S/C54H36N2SSi/c1-4-17-38(18-5-1)58(39-19-6-2-7-20-39,40-21-8-3-9-22-40)41-32-34-52-46(36-41)54-51(29-16-30-53(54)57-52)56-49-28-15-12-25-44(49)45-35-37(31-33-50(45)56)55-47-26-13-10-23-42(47)43-24-11-14-27-48(43)55/h1-36H. The summed E-state index contributed by atoms with van der Waals surface area (Å²) in [5.41, 5.74) is 7.23. The number of fused-ring (bicyclic) bond motifs is 9. The highest BCUT2D eigenvalue weighted by atomic mass is 32.1. The molecule has 3 aromatic heterocycles. The van der Waals surface area contributed by atoms with Crippen molar-refractivity contribution in [3.63, 3.8) is 0 Å². The molecule has 0 aliphatic carbocycles. The molecule has 4 heteroatoms. The molecule has 0 bridgehead atoms. The lowest BCUT2D eigenvalue weighted by molar-refractivity contribution is 1.17. The smallest absolute Gasteiger partial charge is 0.179 e. The van der Waals surface area contributed by atoms with Gasteiger partial charge in [0, 0.05) is 47.4 Å². The van der Waals surface area contributed by atoms with Crippen molar-refractivity contribution >= 4 is 104 Å². The van der Waals surface area contributed by atoms with E-state index in [1.54, 1.807) is 0 Å². The van der Waals surface area contributed by atoms with Gasteiger partial charge >= 0.3 is 0 Å². The van der Waals surface area contributed by atoms with Crippen molar-refractivity contribution in [2.24, 2.45) is 0 Å². The van der Waals surface area contributed by atoms with E-state index >= 15 is 0 Å². The van der Waals surface area contributed by atoms with Crippen LogP contribution in [0.4, 0.5) is 0 Å². The van der Waals surface area contributed by atoms with Gasteiger partial charge in [-0.3, -0.25) is 0 Å². The first kappa shape index (κ1) is 33.2. The number of nitrogens with zero attached hydrogens (tertiary/aromatic N) is 2. The van der Waals surface area contributed by atoms with E-state index in [0.29, 0.717) is 0 Å². The van der Waals surface area contributed by atoms with Crippen LogP contribution >= 0.6 is 11.3 Å². The maximum atomic E-state index is 2.55. The Morgan fingerprint density at radius 2 is 0.810 bits per heavy atom. The lowest BCUT2D eigenvalue weighted by Gasteiger charge is -2.34. The molecule has 0 saturated heterocycles. The van der Waals surface area contributed by atoms with Crippen LogP contribution in [0.2, 0.25) is 0 Å². The Morgan fingerprint density at radius 1 is 0.310 bits per heavy atom. The van der Waals surface area contributed by atoms with Gasteiger partial charge in [-0.15, -0.1) is 11.3 Å². The Morgan fingerprint density at radius 3 is 1.40 bits per heavy atom. The molecular weight excluding hydrogens is 737 g/mol. The molecule has 0 unspecified atom stereocenters. The number of rotatable bonds is 6. The molecule has 0 aliphatic heterocycles. The zero-order chi connectivity index (χ0) is 38.2. The van der Waals surface area contributed by atoms with Crippen LogP contribution in [-0.4, -0.2) is 17.2 Å². The second-order valence-corrected chi connectivity index (χ2v) is 20.1. The van der Waals surface area contributed by atoms with Crippen LogP contribution in [0.5, 0.6) is 0 Å². The van der Waals surface area contributed by atoms with E-state index in [4.69, 9.17) is 0 Å². The Bertz CT molecular complexity index is 3360. The van der Waals surface area contributed by atoms with Crippen molar-refractivity contribution in [3.05, 3.63) is 218 Å². The van der Waals surface area contributed by atoms with Gasteiger partial charge in [0.2, 0.25) is 0 Å².